The Bertz CT molecular complexity index is 876. The average Bonchev–Trinajstić information content (AvgIpc) is 3.33. The van der Waals surface area contributed by atoms with E-state index in [2.05, 4.69) is 34.1 Å². The first-order chi connectivity index (χ1) is 14.6. The number of likely N-dealkylation sites (tertiary alicyclic amines) is 1. The van der Waals surface area contributed by atoms with Crippen LogP contribution in [0.4, 0.5) is 4.79 Å². The molecule has 1 unspecified atom stereocenters. The summed E-state index contributed by atoms with van der Waals surface area (Å²) in [7, 11) is 0. The number of aliphatic hydroxyl groups is 1. The van der Waals surface area contributed by atoms with E-state index < -0.39 is 0 Å². The van der Waals surface area contributed by atoms with E-state index in [1.165, 1.54) is 5.56 Å². The molecular formula is C23H29N3O4. The van der Waals surface area contributed by atoms with Crippen LogP contribution >= 0.6 is 0 Å². The number of piperidine rings is 1. The molecule has 1 atom stereocenters. The maximum Gasteiger partial charge on any atom is 0.410 e. The van der Waals surface area contributed by atoms with Crippen molar-refractivity contribution in [3.8, 4) is 0 Å². The first kappa shape index (κ1) is 19.6. The summed E-state index contributed by atoms with van der Waals surface area (Å²) in [5, 5.41) is 9.18. The van der Waals surface area contributed by atoms with Gasteiger partial charge in [-0.15, -0.1) is 0 Å². The maximum atomic E-state index is 12.6. The summed E-state index contributed by atoms with van der Waals surface area (Å²) in [6, 6.07) is 14.4. The molecule has 30 heavy (non-hydrogen) atoms. The van der Waals surface area contributed by atoms with E-state index in [9.17, 15) is 9.90 Å². The number of nitrogens with zero attached hydrogens (tertiary/aromatic N) is 3. The number of rotatable bonds is 5. The van der Waals surface area contributed by atoms with Gasteiger partial charge in [-0.3, -0.25) is 14.7 Å². The molecule has 7 nitrogen and oxygen atoms in total. The van der Waals surface area contributed by atoms with Crippen LogP contribution in [-0.2, 0) is 24.4 Å². The Morgan fingerprint density at radius 1 is 0.933 bits per heavy atom. The molecule has 0 radical (unpaired) electrons. The van der Waals surface area contributed by atoms with Crippen molar-refractivity contribution < 1.29 is 19.1 Å². The Morgan fingerprint density at radius 2 is 1.70 bits per heavy atom. The van der Waals surface area contributed by atoms with Crippen molar-refractivity contribution in [2.24, 2.45) is 0 Å². The molecule has 1 N–H and O–H groups in total. The molecule has 1 aromatic heterocycles. The van der Waals surface area contributed by atoms with Gasteiger partial charge in [0.1, 0.15) is 23.7 Å². The number of piperazine rings is 1. The number of aliphatic hydroxyl groups excluding tert-OH is 1. The van der Waals surface area contributed by atoms with Gasteiger partial charge in [-0.05, 0) is 17.7 Å². The number of ether oxygens (including phenoxy) is 1. The van der Waals surface area contributed by atoms with Gasteiger partial charge < -0.3 is 14.3 Å². The third kappa shape index (κ3) is 3.73. The Kier molecular flexibility index (Phi) is 5.26. The van der Waals surface area contributed by atoms with Gasteiger partial charge in [0.25, 0.3) is 0 Å². The fourth-order valence-electron chi connectivity index (χ4n) is 5.13. The summed E-state index contributed by atoms with van der Waals surface area (Å²) in [6.45, 7) is 5.77. The molecule has 3 aliphatic heterocycles. The predicted molar refractivity (Wildman–Crippen MR) is 111 cm³/mol. The molecule has 1 spiro atoms. The molecule has 4 heterocycles. The van der Waals surface area contributed by atoms with Gasteiger partial charge in [-0.2, -0.15) is 0 Å². The highest BCUT2D eigenvalue weighted by Gasteiger charge is 2.56. The smallest absolute Gasteiger partial charge is 0.410 e. The normalized spacial score (nSPS) is 24.2. The highest BCUT2D eigenvalue weighted by molar-refractivity contribution is 5.72. The summed E-state index contributed by atoms with van der Waals surface area (Å²) < 4.78 is 11.7. The summed E-state index contributed by atoms with van der Waals surface area (Å²) in [6.07, 6.45) is 1.53. The summed E-state index contributed by atoms with van der Waals surface area (Å²) in [5.41, 5.74) is 0.920. The molecule has 160 valence electrons. The van der Waals surface area contributed by atoms with Crippen molar-refractivity contribution in [3.05, 3.63) is 59.5 Å². The minimum Gasteiger partial charge on any atom is -0.462 e. The first-order valence-electron chi connectivity index (χ1n) is 10.8. The quantitative estimate of drug-likeness (QED) is 0.815. The summed E-state index contributed by atoms with van der Waals surface area (Å²) in [4.78, 5) is 19.3. The zero-order valence-corrected chi connectivity index (χ0v) is 17.2. The van der Waals surface area contributed by atoms with E-state index in [1.807, 2.05) is 23.1 Å². The Balaban J connectivity index is 1.23. The van der Waals surface area contributed by atoms with E-state index in [4.69, 9.17) is 9.15 Å². The SMILES string of the molecule is O=C1OC2(CCN(Cc3ccc(CO)o3)CC2)C2CN(Cc3ccccc3)CCN12. The molecule has 0 aliphatic carbocycles. The number of carbonyl (C=O) groups is 1. The molecule has 3 fully saturated rings. The van der Waals surface area contributed by atoms with Crippen LogP contribution in [0.15, 0.2) is 46.9 Å². The molecule has 7 heteroatoms. The number of fused-ring (bicyclic) bond motifs is 2. The zero-order chi connectivity index (χ0) is 20.6. The summed E-state index contributed by atoms with van der Waals surface area (Å²) >= 11 is 0. The van der Waals surface area contributed by atoms with Gasteiger partial charge >= 0.3 is 6.09 Å². The van der Waals surface area contributed by atoms with Gasteiger partial charge in [-0.25, -0.2) is 4.79 Å². The molecule has 2 aromatic rings. The monoisotopic (exact) mass is 411 g/mol. The Labute approximate surface area is 176 Å². The largest absolute Gasteiger partial charge is 0.462 e. The van der Waals surface area contributed by atoms with E-state index in [-0.39, 0.29) is 24.3 Å². The van der Waals surface area contributed by atoms with Crippen molar-refractivity contribution >= 4 is 6.09 Å². The molecule has 0 bridgehead atoms. The van der Waals surface area contributed by atoms with Gasteiger partial charge in [-0.1, -0.05) is 30.3 Å². The highest BCUT2D eigenvalue weighted by atomic mass is 16.6. The average molecular weight is 412 g/mol. The van der Waals surface area contributed by atoms with Crippen LogP contribution in [-0.4, -0.2) is 70.3 Å². The van der Waals surface area contributed by atoms with Crippen LogP contribution in [0.1, 0.15) is 29.9 Å². The number of benzene rings is 1. The first-order valence-corrected chi connectivity index (χ1v) is 10.8. The molecule has 3 aliphatic rings. The second kappa shape index (κ2) is 8.06. The molecule has 0 saturated carbocycles. The fourth-order valence-corrected chi connectivity index (χ4v) is 5.13. The standard InChI is InChI=1S/C23H29N3O4/c27-17-20-7-6-19(29-20)15-24-10-8-23(9-11-24)21-16-25(12-13-26(21)22(28)30-23)14-18-4-2-1-3-5-18/h1-7,21,27H,8-17H2. The van der Waals surface area contributed by atoms with Gasteiger partial charge in [0, 0.05) is 52.1 Å². The lowest BCUT2D eigenvalue weighted by Gasteiger charge is -2.45. The lowest BCUT2D eigenvalue weighted by Crippen LogP contribution is -2.60. The number of amides is 1. The minimum atomic E-state index is -0.387. The fraction of sp³-hybridized carbons (Fsp3) is 0.522. The number of hydrogen-bond donors (Lipinski definition) is 1. The van der Waals surface area contributed by atoms with Crippen molar-refractivity contribution in [1.82, 2.24) is 14.7 Å². The van der Waals surface area contributed by atoms with Crippen LogP contribution in [0.3, 0.4) is 0 Å². The molecule has 5 rings (SSSR count). The number of carbonyl (C=O) groups excluding carboxylic acids is 1. The van der Waals surface area contributed by atoms with Crippen LogP contribution < -0.4 is 0 Å². The van der Waals surface area contributed by atoms with Crippen molar-refractivity contribution in [2.75, 3.05) is 32.7 Å². The molecule has 1 aromatic carbocycles. The third-order valence-electron chi connectivity index (χ3n) is 6.80. The number of hydrogen-bond acceptors (Lipinski definition) is 6. The van der Waals surface area contributed by atoms with Crippen LogP contribution in [0.2, 0.25) is 0 Å². The van der Waals surface area contributed by atoms with Gasteiger partial charge in [0.15, 0.2) is 0 Å². The van der Waals surface area contributed by atoms with Gasteiger partial charge in [0.2, 0.25) is 0 Å². The number of furan rings is 1. The van der Waals surface area contributed by atoms with Gasteiger partial charge in [0.05, 0.1) is 12.6 Å². The zero-order valence-electron chi connectivity index (χ0n) is 17.2. The van der Waals surface area contributed by atoms with E-state index in [0.717, 1.165) is 64.4 Å². The van der Waals surface area contributed by atoms with E-state index in [0.29, 0.717) is 5.76 Å². The van der Waals surface area contributed by atoms with Crippen molar-refractivity contribution in [2.45, 2.75) is 44.2 Å². The highest BCUT2D eigenvalue weighted by Crippen LogP contribution is 2.40. The molecule has 3 saturated heterocycles. The second-order valence-corrected chi connectivity index (χ2v) is 8.66. The topological polar surface area (TPSA) is 69.4 Å². The predicted octanol–water partition coefficient (Wildman–Crippen LogP) is 2.44. The van der Waals surface area contributed by atoms with Crippen molar-refractivity contribution in [1.29, 1.82) is 0 Å². The van der Waals surface area contributed by atoms with Crippen LogP contribution in [0.5, 0.6) is 0 Å². The van der Waals surface area contributed by atoms with E-state index >= 15 is 0 Å². The second-order valence-electron chi connectivity index (χ2n) is 8.66. The lowest BCUT2D eigenvalue weighted by atomic mass is 9.83. The third-order valence-corrected chi connectivity index (χ3v) is 6.80. The molecular weight excluding hydrogens is 382 g/mol. The summed E-state index contributed by atoms with van der Waals surface area (Å²) in [5.74, 6) is 1.46. The lowest BCUT2D eigenvalue weighted by molar-refractivity contribution is -0.0378. The molecule has 1 amide bonds. The minimum absolute atomic E-state index is 0.0734. The van der Waals surface area contributed by atoms with E-state index in [1.54, 1.807) is 0 Å². The Morgan fingerprint density at radius 3 is 2.43 bits per heavy atom. The van der Waals surface area contributed by atoms with Crippen LogP contribution in [0, 0.1) is 0 Å². The Hall–Kier alpha value is -2.35. The van der Waals surface area contributed by atoms with Crippen molar-refractivity contribution in [3.63, 3.8) is 0 Å². The maximum absolute atomic E-state index is 12.6. The van der Waals surface area contributed by atoms with Crippen LogP contribution in [0.25, 0.3) is 0 Å².